The van der Waals surface area contributed by atoms with Crippen LogP contribution in [-0.4, -0.2) is 13.2 Å². The second-order valence-electron chi connectivity index (χ2n) is 3.24. The lowest BCUT2D eigenvalue weighted by Gasteiger charge is -2.14. The van der Waals surface area contributed by atoms with Gasteiger partial charge in [0.15, 0.2) is 0 Å². The first kappa shape index (κ1) is 11.5. The molecule has 0 amide bonds. The summed E-state index contributed by atoms with van der Waals surface area (Å²) in [6.45, 7) is 2.44. The zero-order chi connectivity index (χ0) is 10.4. The first-order chi connectivity index (χ1) is 6.75. The Balaban J connectivity index is 2.51. The Bertz CT molecular complexity index is 278. The van der Waals surface area contributed by atoms with E-state index < -0.39 is 0 Å². The molecule has 0 saturated heterocycles. The van der Waals surface area contributed by atoms with Crippen LogP contribution in [0.4, 0.5) is 4.39 Å². The highest BCUT2D eigenvalue weighted by Gasteiger charge is 2.07. The van der Waals surface area contributed by atoms with Crippen LogP contribution in [0.5, 0.6) is 0 Å². The molecule has 0 aliphatic carbocycles. The third-order valence-corrected chi connectivity index (χ3v) is 2.48. The van der Waals surface area contributed by atoms with Crippen LogP contribution >= 0.6 is 11.6 Å². The second-order valence-corrected chi connectivity index (χ2v) is 3.65. The van der Waals surface area contributed by atoms with Gasteiger partial charge in [-0.05, 0) is 31.5 Å². The van der Waals surface area contributed by atoms with Crippen LogP contribution in [0.25, 0.3) is 0 Å². The third-order valence-electron chi connectivity index (χ3n) is 2.13. The molecule has 14 heavy (non-hydrogen) atoms. The Labute approximate surface area is 89.3 Å². The molecule has 1 aromatic rings. The number of hydrogen-bond donors (Lipinski definition) is 1. The van der Waals surface area contributed by atoms with Crippen LogP contribution in [0.2, 0.25) is 5.02 Å². The Morgan fingerprint density at radius 2 is 2.14 bits per heavy atom. The van der Waals surface area contributed by atoms with Crippen molar-refractivity contribution in [1.29, 1.82) is 0 Å². The van der Waals surface area contributed by atoms with E-state index in [0.29, 0.717) is 13.0 Å². The average molecular weight is 216 g/mol. The lowest BCUT2D eigenvalue weighted by molar-refractivity contribution is 0.446. The standard InChI is InChI=1S/C11H15ClFN/c1-9(14-8-4-7-13)10-5-2-3-6-11(10)12/h2-3,5-6,9,14H,4,7-8H2,1H3/t9-/m0/s1. The first-order valence-corrected chi connectivity index (χ1v) is 5.17. The van der Waals surface area contributed by atoms with Gasteiger partial charge >= 0.3 is 0 Å². The summed E-state index contributed by atoms with van der Waals surface area (Å²) in [5.41, 5.74) is 1.06. The summed E-state index contributed by atoms with van der Waals surface area (Å²) >= 11 is 6.02. The molecule has 0 saturated carbocycles. The van der Waals surface area contributed by atoms with Crippen molar-refractivity contribution in [3.05, 3.63) is 34.9 Å². The summed E-state index contributed by atoms with van der Waals surface area (Å²) < 4.78 is 11.9. The predicted octanol–water partition coefficient (Wildman–Crippen LogP) is 3.35. The van der Waals surface area contributed by atoms with Crippen molar-refractivity contribution in [1.82, 2.24) is 5.32 Å². The quantitative estimate of drug-likeness (QED) is 0.743. The molecule has 1 nitrogen and oxygen atoms in total. The SMILES string of the molecule is C[C@H](NCCCF)c1ccccc1Cl. The van der Waals surface area contributed by atoms with Gasteiger partial charge in [0.25, 0.3) is 0 Å². The van der Waals surface area contributed by atoms with Gasteiger partial charge in [-0.1, -0.05) is 29.8 Å². The molecule has 78 valence electrons. The number of benzene rings is 1. The molecule has 0 bridgehead atoms. The molecular weight excluding hydrogens is 201 g/mol. The van der Waals surface area contributed by atoms with Crippen molar-refractivity contribution in [2.24, 2.45) is 0 Å². The molecule has 1 aromatic carbocycles. The molecule has 0 aliphatic heterocycles. The zero-order valence-corrected chi connectivity index (χ0v) is 9.02. The second kappa shape index (κ2) is 5.99. The fraction of sp³-hybridized carbons (Fsp3) is 0.455. The number of halogens is 2. The molecule has 0 spiro atoms. The monoisotopic (exact) mass is 215 g/mol. The van der Waals surface area contributed by atoms with E-state index in [1.807, 2.05) is 31.2 Å². The molecule has 0 unspecified atom stereocenters. The summed E-state index contributed by atoms with van der Waals surface area (Å²) in [5.74, 6) is 0. The van der Waals surface area contributed by atoms with Crippen LogP contribution in [0.1, 0.15) is 24.9 Å². The summed E-state index contributed by atoms with van der Waals surface area (Å²) in [5, 5.41) is 3.97. The molecule has 0 radical (unpaired) electrons. The molecule has 1 atom stereocenters. The zero-order valence-electron chi connectivity index (χ0n) is 8.26. The van der Waals surface area contributed by atoms with Crippen molar-refractivity contribution in [2.45, 2.75) is 19.4 Å². The Morgan fingerprint density at radius 1 is 1.43 bits per heavy atom. The number of alkyl halides is 1. The largest absolute Gasteiger partial charge is 0.310 e. The van der Waals surface area contributed by atoms with Gasteiger partial charge in [0.1, 0.15) is 0 Å². The first-order valence-electron chi connectivity index (χ1n) is 4.79. The average Bonchev–Trinajstić information content (AvgIpc) is 2.18. The van der Waals surface area contributed by atoms with Gasteiger partial charge in [-0.15, -0.1) is 0 Å². The summed E-state index contributed by atoms with van der Waals surface area (Å²) in [7, 11) is 0. The van der Waals surface area contributed by atoms with Gasteiger partial charge in [0.2, 0.25) is 0 Å². The van der Waals surface area contributed by atoms with Crippen LogP contribution in [-0.2, 0) is 0 Å². The minimum absolute atomic E-state index is 0.176. The van der Waals surface area contributed by atoms with Gasteiger partial charge in [-0.3, -0.25) is 4.39 Å². The van der Waals surface area contributed by atoms with Crippen LogP contribution < -0.4 is 5.32 Å². The van der Waals surface area contributed by atoms with E-state index in [1.54, 1.807) is 0 Å². The smallest absolute Gasteiger partial charge is 0.0906 e. The fourth-order valence-electron chi connectivity index (χ4n) is 1.32. The van der Waals surface area contributed by atoms with Crippen molar-refractivity contribution in [3.8, 4) is 0 Å². The maximum atomic E-state index is 11.9. The highest BCUT2D eigenvalue weighted by molar-refractivity contribution is 6.31. The maximum absolute atomic E-state index is 11.9. The number of nitrogens with one attached hydrogen (secondary N) is 1. The summed E-state index contributed by atoms with van der Waals surface area (Å²) in [4.78, 5) is 0. The van der Waals surface area contributed by atoms with E-state index in [2.05, 4.69) is 5.32 Å². The Hall–Kier alpha value is -0.600. The predicted molar refractivity (Wildman–Crippen MR) is 58.5 cm³/mol. The molecule has 1 N–H and O–H groups in total. The van der Waals surface area contributed by atoms with Gasteiger partial charge in [0.05, 0.1) is 6.67 Å². The van der Waals surface area contributed by atoms with Crippen molar-refractivity contribution < 1.29 is 4.39 Å². The minimum Gasteiger partial charge on any atom is -0.310 e. The number of hydrogen-bond acceptors (Lipinski definition) is 1. The van der Waals surface area contributed by atoms with Gasteiger partial charge in [0, 0.05) is 11.1 Å². The van der Waals surface area contributed by atoms with E-state index in [0.717, 1.165) is 10.6 Å². The Morgan fingerprint density at radius 3 is 2.79 bits per heavy atom. The summed E-state index contributed by atoms with van der Waals surface area (Å²) in [6.07, 6.45) is 0.550. The molecule has 0 fully saturated rings. The van der Waals surface area contributed by atoms with Gasteiger partial charge in [-0.25, -0.2) is 0 Å². The maximum Gasteiger partial charge on any atom is 0.0906 e. The highest BCUT2D eigenvalue weighted by Crippen LogP contribution is 2.21. The van der Waals surface area contributed by atoms with Crippen molar-refractivity contribution >= 4 is 11.6 Å². The van der Waals surface area contributed by atoms with Crippen molar-refractivity contribution in [2.75, 3.05) is 13.2 Å². The van der Waals surface area contributed by atoms with E-state index in [9.17, 15) is 4.39 Å². The molecule has 3 heteroatoms. The van der Waals surface area contributed by atoms with Crippen molar-refractivity contribution in [3.63, 3.8) is 0 Å². The molecule has 0 aromatic heterocycles. The lowest BCUT2D eigenvalue weighted by atomic mass is 10.1. The highest BCUT2D eigenvalue weighted by atomic mass is 35.5. The molecule has 0 heterocycles. The van der Waals surface area contributed by atoms with Crippen LogP contribution in [0, 0.1) is 0 Å². The molecule has 1 rings (SSSR count). The molecule has 0 aliphatic rings. The Kier molecular flexibility index (Phi) is 4.91. The topological polar surface area (TPSA) is 12.0 Å². The van der Waals surface area contributed by atoms with Crippen LogP contribution in [0.15, 0.2) is 24.3 Å². The van der Waals surface area contributed by atoms with E-state index in [-0.39, 0.29) is 12.7 Å². The summed E-state index contributed by atoms with van der Waals surface area (Å²) in [6, 6.07) is 7.88. The van der Waals surface area contributed by atoms with Gasteiger partial charge < -0.3 is 5.32 Å². The fourth-order valence-corrected chi connectivity index (χ4v) is 1.62. The third kappa shape index (κ3) is 3.28. The number of rotatable bonds is 5. The minimum atomic E-state index is -0.276. The van der Waals surface area contributed by atoms with E-state index in [1.165, 1.54) is 0 Å². The van der Waals surface area contributed by atoms with Gasteiger partial charge in [-0.2, -0.15) is 0 Å². The lowest BCUT2D eigenvalue weighted by Crippen LogP contribution is -2.20. The van der Waals surface area contributed by atoms with E-state index >= 15 is 0 Å². The van der Waals surface area contributed by atoms with E-state index in [4.69, 9.17) is 11.6 Å². The normalized spacial score (nSPS) is 12.8. The van der Waals surface area contributed by atoms with Crippen LogP contribution in [0.3, 0.4) is 0 Å². The molecular formula is C11H15ClFN.